The molecular formula is C10H8ClN. The van der Waals surface area contributed by atoms with Crippen LogP contribution in [0.25, 0.3) is 0 Å². The molecule has 2 rings (SSSR count). The van der Waals surface area contributed by atoms with E-state index in [0.29, 0.717) is 5.15 Å². The van der Waals surface area contributed by atoms with Crippen molar-refractivity contribution in [2.45, 2.75) is 18.3 Å². The Morgan fingerprint density at radius 2 is 2.25 bits per heavy atom. The fourth-order valence-corrected chi connectivity index (χ4v) is 1.44. The van der Waals surface area contributed by atoms with E-state index < -0.39 is 0 Å². The van der Waals surface area contributed by atoms with Crippen molar-refractivity contribution in [3.63, 3.8) is 0 Å². The molecule has 1 fully saturated rings. The molecule has 0 unspecified atom stereocenters. The third kappa shape index (κ3) is 1.09. The molecule has 0 aromatic carbocycles. The van der Waals surface area contributed by atoms with Crippen molar-refractivity contribution < 1.29 is 0 Å². The zero-order valence-electron chi connectivity index (χ0n) is 6.55. The Morgan fingerprint density at radius 3 is 2.75 bits per heavy atom. The predicted octanol–water partition coefficient (Wildman–Crippen LogP) is 2.40. The molecule has 1 aromatic rings. The van der Waals surface area contributed by atoms with Crippen LogP contribution in [0.4, 0.5) is 0 Å². The SMILES string of the molecule is C#CC1(c2cccc(Cl)n2)CC1. The van der Waals surface area contributed by atoms with Crippen molar-refractivity contribution in [3.05, 3.63) is 29.0 Å². The molecule has 0 aliphatic heterocycles. The van der Waals surface area contributed by atoms with E-state index in [9.17, 15) is 0 Å². The number of hydrogen-bond acceptors (Lipinski definition) is 1. The second kappa shape index (κ2) is 2.50. The van der Waals surface area contributed by atoms with Gasteiger partial charge in [0.15, 0.2) is 0 Å². The van der Waals surface area contributed by atoms with Crippen LogP contribution in [-0.2, 0) is 5.41 Å². The molecule has 0 spiro atoms. The smallest absolute Gasteiger partial charge is 0.129 e. The first-order valence-corrected chi connectivity index (χ1v) is 4.25. The van der Waals surface area contributed by atoms with Gasteiger partial charge in [-0.15, -0.1) is 6.42 Å². The quantitative estimate of drug-likeness (QED) is 0.474. The molecule has 0 atom stereocenters. The first-order valence-electron chi connectivity index (χ1n) is 3.88. The highest BCUT2D eigenvalue weighted by atomic mass is 35.5. The Bertz CT molecular complexity index is 347. The van der Waals surface area contributed by atoms with Crippen molar-refractivity contribution in [1.29, 1.82) is 0 Å². The van der Waals surface area contributed by atoms with Gasteiger partial charge in [-0.3, -0.25) is 0 Å². The molecule has 0 N–H and O–H groups in total. The largest absolute Gasteiger partial charge is 0.240 e. The van der Waals surface area contributed by atoms with E-state index >= 15 is 0 Å². The van der Waals surface area contributed by atoms with E-state index in [1.54, 1.807) is 6.07 Å². The van der Waals surface area contributed by atoms with Crippen LogP contribution in [-0.4, -0.2) is 4.98 Å². The number of pyridine rings is 1. The number of terminal acetylenes is 1. The summed E-state index contributed by atoms with van der Waals surface area (Å²) >= 11 is 5.76. The second-order valence-electron chi connectivity index (χ2n) is 3.07. The van der Waals surface area contributed by atoms with Gasteiger partial charge in [-0.1, -0.05) is 23.6 Å². The minimum absolute atomic E-state index is 0.0924. The minimum atomic E-state index is -0.0924. The molecule has 0 radical (unpaired) electrons. The van der Waals surface area contributed by atoms with Gasteiger partial charge in [0.2, 0.25) is 0 Å². The van der Waals surface area contributed by atoms with Crippen LogP contribution in [0.5, 0.6) is 0 Å². The van der Waals surface area contributed by atoms with Gasteiger partial charge >= 0.3 is 0 Å². The molecule has 60 valence electrons. The minimum Gasteiger partial charge on any atom is -0.240 e. The molecule has 1 nitrogen and oxygen atoms in total. The van der Waals surface area contributed by atoms with Crippen LogP contribution in [0.1, 0.15) is 18.5 Å². The molecule has 0 amide bonds. The number of aromatic nitrogens is 1. The number of hydrogen-bond donors (Lipinski definition) is 0. The maximum absolute atomic E-state index is 5.76. The van der Waals surface area contributed by atoms with Gasteiger partial charge in [0, 0.05) is 0 Å². The number of halogens is 1. The summed E-state index contributed by atoms with van der Waals surface area (Å²) in [4.78, 5) is 4.20. The summed E-state index contributed by atoms with van der Waals surface area (Å²) in [6.07, 6.45) is 7.49. The lowest BCUT2D eigenvalue weighted by Crippen LogP contribution is -2.04. The standard InChI is InChI=1S/C10H8ClN/c1-2-10(6-7-10)8-4-3-5-9(11)12-8/h1,3-5H,6-7H2. The second-order valence-corrected chi connectivity index (χ2v) is 3.46. The summed E-state index contributed by atoms with van der Waals surface area (Å²) in [5.74, 6) is 2.77. The van der Waals surface area contributed by atoms with Crippen LogP contribution < -0.4 is 0 Å². The van der Waals surface area contributed by atoms with E-state index in [1.165, 1.54) is 0 Å². The molecular weight excluding hydrogens is 170 g/mol. The van der Waals surface area contributed by atoms with Crippen molar-refractivity contribution in [2.24, 2.45) is 0 Å². The highest BCUT2D eigenvalue weighted by Gasteiger charge is 2.43. The topological polar surface area (TPSA) is 12.9 Å². The van der Waals surface area contributed by atoms with Crippen molar-refractivity contribution >= 4 is 11.6 Å². The fraction of sp³-hybridized carbons (Fsp3) is 0.300. The fourth-order valence-electron chi connectivity index (χ4n) is 1.27. The van der Waals surface area contributed by atoms with Crippen LogP contribution in [0.3, 0.4) is 0 Å². The van der Waals surface area contributed by atoms with Gasteiger partial charge < -0.3 is 0 Å². The summed E-state index contributed by atoms with van der Waals surface area (Å²) in [6, 6.07) is 5.60. The summed E-state index contributed by atoms with van der Waals surface area (Å²) in [5.41, 5.74) is 0.850. The maximum atomic E-state index is 5.76. The van der Waals surface area contributed by atoms with Crippen LogP contribution in [0.15, 0.2) is 18.2 Å². The van der Waals surface area contributed by atoms with Gasteiger partial charge in [0.05, 0.1) is 11.1 Å². The van der Waals surface area contributed by atoms with Crippen LogP contribution >= 0.6 is 11.6 Å². The van der Waals surface area contributed by atoms with Crippen molar-refractivity contribution in [3.8, 4) is 12.3 Å². The first-order chi connectivity index (χ1) is 5.77. The molecule has 0 saturated heterocycles. The Kier molecular flexibility index (Phi) is 1.59. The first kappa shape index (κ1) is 7.64. The molecule has 1 aromatic heterocycles. The van der Waals surface area contributed by atoms with E-state index in [-0.39, 0.29) is 5.41 Å². The Labute approximate surface area is 76.8 Å². The van der Waals surface area contributed by atoms with Gasteiger partial charge in [-0.2, -0.15) is 0 Å². The predicted molar refractivity (Wildman–Crippen MR) is 49.0 cm³/mol. The molecule has 1 heterocycles. The Hall–Kier alpha value is -1.00. The average molecular weight is 178 g/mol. The van der Waals surface area contributed by atoms with Crippen molar-refractivity contribution in [2.75, 3.05) is 0 Å². The highest BCUT2D eigenvalue weighted by Crippen LogP contribution is 2.46. The van der Waals surface area contributed by atoms with E-state index in [1.807, 2.05) is 12.1 Å². The normalized spacial score (nSPS) is 18.3. The molecule has 1 aliphatic carbocycles. The Balaban J connectivity index is 2.42. The Morgan fingerprint density at radius 1 is 1.50 bits per heavy atom. The summed E-state index contributed by atoms with van der Waals surface area (Å²) in [7, 11) is 0. The molecule has 1 saturated carbocycles. The highest BCUT2D eigenvalue weighted by molar-refractivity contribution is 6.29. The average Bonchev–Trinajstić information content (AvgIpc) is 2.84. The molecule has 2 heteroatoms. The van der Waals surface area contributed by atoms with Gasteiger partial charge in [-0.05, 0) is 25.0 Å². The maximum Gasteiger partial charge on any atom is 0.129 e. The van der Waals surface area contributed by atoms with E-state index in [2.05, 4.69) is 10.9 Å². The van der Waals surface area contributed by atoms with Crippen LogP contribution in [0.2, 0.25) is 5.15 Å². The van der Waals surface area contributed by atoms with Gasteiger partial charge in [0.25, 0.3) is 0 Å². The van der Waals surface area contributed by atoms with Gasteiger partial charge in [0.1, 0.15) is 5.15 Å². The summed E-state index contributed by atoms with van der Waals surface area (Å²) in [5, 5.41) is 0.522. The zero-order valence-corrected chi connectivity index (χ0v) is 7.30. The van der Waals surface area contributed by atoms with E-state index in [0.717, 1.165) is 18.5 Å². The number of nitrogens with zero attached hydrogens (tertiary/aromatic N) is 1. The van der Waals surface area contributed by atoms with Crippen molar-refractivity contribution in [1.82, 2.24) is 4.98 Å². The lowest BCUT2D eigenvalue weighted by molar-refractivity contribution is 0.871. The van der Waals surface area contributed by atoms with E-state index in [4.69, 9.17) is 18.0 Å². The molecule has 0 bridgehead atoms. The summed E-state index contributed by atoms with van der Waals surface area (Å²) in [6.45, 7) is 0. The van der Waals surface area contributed by atoms with Crippen LogP contribution in [0, 0.1) is 12.3 Å². The lowest BCUT2D eigenvalue weighted by atomic mass is 10.0. The zero-order chi connectivity index (χ0) is 8.60. The third-order valence-corrected chi connectivity index (χ3v) is 2.44. The third-order valence-electron chi connectivity index (χ3n) is 2.23. The number of rotatable bonds is 1. The molecule has 12 heavy (non-hydrogen) atoms. The monoisotopic (exact) mass is 177 g/mol. The van der Waals surface area contributed by atoms with Gasteiger partial charge in [-0.25, -0.2) is 4.98 Å². The lowest BCUT2D eigenvalue weighted by Gasteiger charge is -2.05. The molecule has 1 aliphatic rings. The summed E-state index contributed by atoms with van der Waals surface area (Å²) < 4.78 is 0.